The Morgan fingerprint density at radius 3 is 2.92 bits per heavy atom. The van der Waals surface area contributed by atoms with E-state index in [1.807, 2.05) is 0 Å². The van der Waals surface area contributed by atoms with E-state index in [2.05, 4.69) is 19.6 Å². The normalized spacial score (nSPS) is 23.5. The third-order valence-electron chi connectivity index (χ3n) is 2.53. The van der Waals surface area contributed by atoms with Crippen LogP contribution in [-0.4, -0.2) is 13.7 Å². The van der Waals surface area contributed by atoms with Crippen molar-refractivity contribution in [3.05, 3.63) is 23.8 Å². The minimum Gasteiger partial charge on any atom is -0.380 e. The molecule has 0 saturated heterocycles. The Bertz CT molecular complexity index is 191. The number of rotatable bonds is 3. The molecule has 1 heteroatoms. The summed E-state index contributed by atoms with van der Waals surface area (Å²) < 4.78 is 5.09. The van der Waals surface area contributed by atoms with E-state index in [0.717, 1.165) is 13.0 Å². The molecule has 1 rings (SSSR count). The molecule has 68 valence electrons. The second kappa shape index (κ2) is 4.46. The van der Waals surface area contributed by atoms with Gasteiger partial charge in [0, 0.05) is 7.11 Å². The molecule has 1 atom stereocenters. The highest BCUT2D eigenvalue weighted by molar-refractivity contribution is 5.12. The van der Waals surface area contributed by atoms with E-state index in [9.17, 15) is 0 Å². The summed E-state index contributed by atoms with van der Waals surface area (Å²) in [5.74, 6) is 0.714. The van der Waals surface area contributed by atoms with E-state index in [0.29, 0.717) is 5.92 Å². The molecule has 1 nitrogen and oxygen atoms in total. The van der Waals surface area contributed by atoms with Crippen molar-refractivity contribution in [1.82, 2.24) is 0 Å². The Balaban J connectivity index is 2.42. The van der Waals surface area contributed by atoms with Crippen molar-refractivity contribution in [3.8, 4) is 0 Å². The summed E-state index contributed by atoms with van der Waals surface area (Å²) in [5.41, 5.74) is 2.78. The molecule has 0 N–H and O–H groups in total. The molecule has 0 saturated carbocycles. The fourth-order valence-corrected chi connectivity index (χ4v) is 1.65. The van der Waals surface area contributed by atoms with Crippen LogP contribution in [0.3, 0.4) is 0 Å². The maximum absolute atomic E-state index is 5.09. The predicted molar refractivity (Wildman–Crippen MR) is 52.1 cm³/mol. The average molecular weight is 166 g/mol. The molecule has 0 aromatic carbocycles. The summed E-state index contributed by atoms with van der Waals surface area (Å²) in [7, 11) is 1.76. The molecule has 12 heavy (non-hydrogen) atoms. The number of hydrogen-bond donors (Lipinski definition) is 0. The fraction of sp³-hybridized carbons (Fsp3) is 0.636. The second-order valence-corrected chi connectivity index (χ2v) is 3.61. The number of ether oxygens (including phenoxy) is 1. The lowest BCUT2D eigenvalue weighted by atomic mass is 9.86. The lowest BCUT2D eigenvalue weighted by Crippen LogP contribution is -2.08. The van der Waals surface area contributed by atoms with E-state index in [1.54, 1.807) is 7.11 Å². The second-order valence-electron chi connectivity index (χ2n) is 3.61. The minimum absolute atomic E-state index is 0.714. The van der Waals surface area contributed by atoms with Gasteiger partial charge in [0.1, 0.15) is 0 Å². The first-order valence-corrected chi connectivity index (χ1v) is 4.56. The van der Waals surface area contributed by atoms with Gasteiger partial charge in [0.15, 0.2) is 0 Å². The first-order valence-electron chi connectivity index (χ1n) is 4.56. The maximum atomic E-state index is 5.09. The molecule has 0 spiro atoms. The Labute approximate surface area is 75.1 Å². The van der Waals surface area contributed by atoms with Gasteiger partial charge in [0.25, 0.3) is 0 Å². The Morgan fingerprint density at radius 2 is 2.50 bits per heavy atom. The number of allylic oxidation sites excluding steroid dienone is 2. The molecule has 1 unspecified atom stereocenters. The summed E-state index contributed by atoms with van der Waals surface area (Å²) in [4.78, 5) is 0. The highest BCUT2D eigenvalue weighted by Crippen LogP contribution is 2.27. The van der Waals surface area contributed by atoms with Crippen molar-refractivity contribution >= 4 is 0 Å². The zero-order valence-corrected chi connectivity index (χ0v) is 8.10. The molecule has 0 heterocycles. The quantitative estimate of drug-likeness (QED) is 0.586. The summed E-state index contributed by atoms with van der Waals surface area (Å²) in [5, 5.41) is 0. The van der Waals surface area contributed by atoms with Gasteiger partial charge < -0.3 is 4.74 Å². The van der Waals surface area contributed by atoms with Crippen LogP contribution in [0.1, 0.15) is 26.2 Å². The third kappa shape index (κ3) is 2.49. The van der Waals surface area contributed by atoms with E-state index in [1.165, 1.54) is 24.0 Å². The van der Waals surface area contributed by atoms with Gasteiger partial charge in [-0.1, -0.05) is 18.2 Å². The molecule has 0 bridgehead atoms. The Morgan fingerprint density at radius 1 is 1.75 bits per heavy atom. The van der Waals surface area contributed by atoms with Gasteiger partial charge in [-0.15, -0.1) is 0 Å². The minimum atomic E-state index is 0.714. The Hall–Kier alpha value is -0.560. The van der Waals surface area contributed by atoms with Gasteiger partial charge >= 0.3 is 0 Å². The molecule has 0 amide bonds. The van der Waals surface area contributed by atoms with Crippen LogP contribution >= 0.6 is 0 Å². The first-order chi connectivity index (χ1) is 5.74. The molecule has 0 aromatic heterocycles. The van der Waals surface area contributed by atoms with Gasteiger partial charge in [-0.2, -0.15) is 0 Å². The maximum Gasteiger partial charge on any atom is 0.0673 e. The SMILES string of the molecule is C=C(C)C1CC=C(COC)CC1. The van der Waals surface area contributed by atoms with Crippen LogP contribution in [0.2, 0.25) is 0 Å². The zero-order chi connectivity index (χ0) is 8.97. The summed E-state index contributed by atoms with van der Waals surface area (Å²) in [6, 6.07) is 0. The van der Waals surface area contributed by atoms with Gasteiger partial charge in [-0.25, -0.2) is 0 Å². The topological polar surface area (TPSA) is 9.23 Å². The number of methoxy groups -OCH3 is 1. The van der Waals surface area contributed by atoms with Crippen LogP contribution in [0.5, 0.6) is 0 Å². The van der Waals surface area contributed by atoms with E-state index in [-0.39, 0.29) is 0 Å². The van der Waals surface area contributed by atoms with E-state index in [4.69, 9.17) is 4.74 Å². The number of hydrogen-bond acceptors (Lipinski definition) is 1. The summed E-state index contributed by atoms with van der Waals surface area (Å²) in [6.07, 6.45) is 5.91. The largest absolute Gasteiger partial charge is 0.380 e. The molecular formula is C11H18O. The first kappa shape index (κ1) is 9.53. The molecule has 0 fully saturated rings. The molecule has 1 aliphatic rings. The van der Waals surface area contributed by atoms with Crippen LogP contribution in [-0.2, 0) is 4.74 Å². The van der Waals surface area contributed by atoms with Crippen molar-refractivity contribution in [2.45, 2.75) is 26.2 Å². The Kier molecular flexibility index (Phi) is 3.54. The van der Waals surface area contributed by atoms with Crippen LogP contribution in [0, 0.1) is 5.92 Å². The zero-order valence-electron chi connectivity index (χ0n) is 8.10. The lowest BCUT2D eigenvalue weighted by Gasteiger charge is -2.21. The van der Waals surface area contributed by atoms with Crippen molar-refractivity contribution in [3.63, 3.8) is 0 Å². The van der Waals surface area contributed by atoms with Crippen LogP contribution < -0.4 is 0 Å². The third-order valence-corrected chi connectivity index (χ3v) is 2.53. The molecule has 0 radical (unpaired) electrons. The summed E-state index contributed by atoms with van der Waals surface area (Å²) in [6.45, 7) is 6.92. The van der Waals surface area contributed by atoms with Gasteiger partial charge in [-0.3, -0.25) is 0 Å². The van der Waals surface area contributed by atoms with Crippen LogP contribution in [0.25, 0.3) is 0 Å². The van der Waals surface area contributed by atoms with E-state index >= 15 is 0 Å². The van der Waals surface area contributed by atoms with Crippen molar-refractivity contribution in [1.29, 1.82) is 0 Å². The van der Waals surface area contributed by atoms with Gasteiger partial charge in [0.2, 0.25) is 0 Å². The fourth-order valence-electron chi connectivity index (χ4n) is 1.65. The monoisotopic (exact) mass is 166 g/mol. The average Bonchev–Trinajstić information content (AvgIpc) is 2.06. The molecule has 0 aromatic rings. The smallest absolute Gasteiger partial charge is 0.0673 e. The molecule has 0 aliphatic heterocycles. The van der Waals surface area contributed by atoms with Crippen molar-refractivity contribution < 1.29 is 4.74 Å². The highest BCUT2D eigenvalue weighted by Gasteiger charge is 2.14. The standard InChI is InChI=1S/C11H18O/c1-9(2)11-6-4-10(5-7-11)8-12-3/h4,11H,1,5-8H2,2-3H3. The van der Waals surface area contributed by atoms with Crippen molar-refractivity contribution in [2.24, 2.45) is 5.92 Å². The summed E-state index contributed by atoms with van der Waals surface area (Å²) >= 11 is 0. The van der Waals surface area contributed by atoms with Crippen LogP contribution in [0.4, 0.5) is 0 Å². The lowest BCUT2D eigenvalue weighted by molar-refractivity contribution is 0.220. The van der Waals surface area contributed by atoms with E-state index < -0.39 is 0 Å². The predicted octanol–water partition coefficient (Wildman–Crippen LogP) is 2.94. The van der Waals surface area contributed by atoms with Crippen LogP contribution in [0.15, 0.2) is 23.8 Å². The highest BCUT2D eigenvalue weighted by atomic mass is 16.5. The van der Waals surface area contributed by atoms with Crippen molar-refractivity contribution in [2.75, 3.05) is 13.7 Å². The van der Waals surface area contributed by atoms with Gasteiger partial charge in [0.05, 0.1) is 6.61 Å². The molecule has 1 aliphatic carbocycles. The van der Waals surface area contributed by atoms with Gasteiger partial charge in [-0.05, 0) is 37.7 Å². The molecular weight excluding hydrogens is 148 g/mol.